The summed E-state index contributed by atoms with van der Waals surface area (Å²) in [5.41, 5.74) is 3.88. The van der Waals surface area contributed by atoms with Crippen LogP contribution in [0.25, 0.3) is 21.5 Å². The van der Waals surface area contributed by atoms with Gasteiger partial charge in [0.2, 0.25) is 5.95 Å². The van der Waals surface area contributed by atoms with Gasteiger partial charge in [0, 0.05) is 53.9 Å². The Hall–Kier alpha value is -2.18. The number of pyridine rings is 1. The molecule has 0 amide bonds. The van der Waals surface area contributed by atoms with Crippen molar-refractivity contribution in [2.45, 2.75) is 58.2 Å². The number of nitrogens with zero attached hydrogens (tertiary/aromatic N) is 6. The average Bonchev–Trinajstić information content (AvgIpc) is 3.56. The van der Waals surface area contributed by atoms with Gasteiger partial charge in [0.05, 0.1) is 36.2 Å². The molecule has 6 heterocycles. The first kappa shape index (κ1) is 29.3. The molecule has 3 aromatic rings. The number of hydrogen-bond donors (Lipinski definition) is 2. The second-order valence-electron chi connectivity index (χ2n) is 10.8. The fourth-order valence-corrected chi connectivity index (χ4v) is 7.38. The number of methoxy groups -OCH3 is 1. The number of thiophene rings is 1. The third-order valence-electron chi connectivity index (χ3n) is 8.42. The minimum Gasteiger partial charge on any atom is -0.503 e. The summed E-state index contributed by atoms with van der Waals surface area (Å²) in [5.74, 6) is 0.933. The van der Waals surface area contributed by atoms with Crippen LogP contribution in [0.3, 0.4) is 0 Å². The van der Waals surface area contributed by atoms with Gasteiger partial charge in [-0.15, -0.1) is 11.3 Å². The molecule has 1 N–H and O–H groups in total. The Morgan fingerprint density at radius 1 is 1.10 bits per heavy atom. The Morgan fingerprint density at radius 3 is 2.50 bits per heavy atom. The highest BCUT2D eigenvalue weighted by Crippen LogP contribution is 2.40. The molecular formula is C29H42N6O3S2. The molecule has 0 bridgehead atoms. The van der Waals surface area contributed by atoms with Crippen molar-refractivity contribution in [3.8, 4) is 22.9 Å². The monoisotopic (exact) mass is 586 g/mol. The lowest BCUT2D eigenvalue weighted by molar-refractivity contribution is 0.100. The zero-order valence-corrected chi connectivity index (χ0v) is 25.8. The molecule has 3 aliphatic heterocycles. The lowest BCUT2D eigenvalue weighted by Gasteiger charge is -2.38. The van der Waals surface area contributed by atoms with E-state index in [4.69, 9.17) is 19.4 Å². The number of aromatic nitrogens is 3. The Bertz CT molecular complexity index is 1290. The number of aryl methyl sites for hydroxylation is 1. The van der Waals surface area contributed by atoms with Crippen LogP contribution in [0.2, 0.25) is 0 Å². The molecule has 40 heavy (non-hydrogen) atoms. The smallest absolute Gasteiger partial charge is 0.256 e. The Morgan fingerprint density at radius 2 is 1.85 bits per heavy atom. The van der Waals surface area contributed by atoms with E-state index in [2.05, 4.69) is 46.2 Å². The van der Waals surface area contributed by atoms with Crippen LogP contribution >= 0.6 is 24.0 Å². The van der Waals surface area contributed by atoms with Gasteiger partial charge >= 0.3 is 0 Å². The highest BCUT2D eigenvalue weighted by molar-refractivity contribution is 7.79. The number of aromatic hydroxyl groups is 1. The molecule has 1 atom stereocenters. The highest BCUT2D eigenvalue weighted by Gasteiger charge is 2.31. The summed E-state index contributed by atoms with van der Waals surface area (Å²) in [5, 5.41) is 10.5. The highest BCUT2D eigenvalue weighted by atomic mass is 32.1. The van der Waals surface area contributed by atoms with Crippen LogP contribution in [0.15, 0.2) is 12.3 Å². The van der Waals surface area contributed by atoms with Crippen LogP contribution in [0, 0.1) is 6.92 Å². The van der Waals surface area contributed by atoms with Crippen LogP contribution in [-0.4, -0.2) is 101 Å². The van der Waals surface area contributed by atoms with Gasteiger partial charge in [-0.3, -0.25) is 9.80 Å². The molecule has 0 aliphatic carbocycles. The molecule has 3 fully saturated rings. The molecule has 3 saturated heterocycles. The molecule has 0 saturated carbocycles. The lowest BCUT2D eigenvalue weighted by atomic mass is 10.0. The van der Waals surface area contributed by atoms with Crippen molar-refractivity contribution in [3.63, 3.8) is 0 Å². The molecule has 1 unspecified atom stereocenters. The van der Waals surface area contributed by atoms with E-state index in [1.807, 2.05) is 0 Å². The summed E-state index contributed by atoms with van der Waals surface area (Å²) in [6, 6.07) is 3.15. The number of rotatable bonds is 6. The Labute approximate surface area is 246 Å². The average molecular weight is 587 g/mol. The first-order valence-corrected chi connectivity index (χ1v) is 16.0. The summed E-state index contributed by atoms with van der Waals surface area (Å²) in [4.78, 5) is 23.3. The third-order valence-corrected chi connectivity index (χ3v) is 9.57. The Balaban J connectivity index is 0.00000158. The van der Waals surface area contributed by atoms with E-state index >= 15 is 0 Å². The second-order valence-corrected chi connectivity index (χ2v) is 12.0. The van der Waals surface area contributed by atoms with Crippen molar-refractivity contribution in [2.24, 2.45) is 0 Å². The summed E-state index contributed by atoms with van der Waals surface area (Å²) in [7, 11) is 1.50. The molecular weight excluding hydrogens is 544 g/mol. The zero-order valence-electron chi connectivity index (χ0n) is 24.1. The minimum atomic E-state index is 0.00776. The van der Waals surface area contributed by atoms with Crippen molar-refractivity contribution >= 4 is 40.1 Å². The minimum absolute atomic E-state index is 0.00776. The fourth-order valence-electron chi connectivity index (χ4n) is 6.27. The van der Waals surface area contributed by atoms with Crippen LogP contribution in [0.5, 0.6) is 11.6 Å². The van der Waals surface area contributed by atoms with Crippen molar-refractivity contribution in [1.82, 2.24) is 24.8 Å². The van der Waals surface area contributed by atoms with E-state index in [0.717, 1.165) is 66.3 Å². The fraction of sp³-hybridized carbons (Fsp3) is 0.621. The summed E-state index contributed by atoms with van der Waals surface area (Å²) in [6.07, 6.45) is 8.58. The molecule has 3 aliphatic rings. The summed E-state index contributed by atoms with van der Waals surface area (Å²) < 4.78 is 11.8. The quantitative estimate of drug-likeness (QED) is 0.402. The van der Waals surface area contributed by atoms with E-state index in [1.165, 1.54) is 49.8 Å². The normalized spacial score (nSPS) is 21.0. The molecule has 3 aromatic heterocycles. The second kappa shape index (κ2) is 13.2. The van der Waals surface area contributed by atoms with Crippen molar-refractivity contribution in [2.75, 3.05) is 64.2 Å². The van der Waals surface area contributed by atoms with Gasteiger partial charge in [-0.25, -0.2) is 15.0 Å². The van der Waals surface area contributed by atoms with Gasteiger partial charge in [0.25, 0.3) is 5.88 Å². The van der Waals surface area contributed by atoms with E-state index in [9.17, 15) is 5.11 Å². The van der Waals surface area contributed by atoms with Gasteiger partial charge in [0.1, 0.15) is 0 Å². The van der Waals surface area contributed by atoms with Gasteiger partial charge < -0.3 is 19.5 Å². The molecule has 218 valence electrons. The maximum absolute atomic E-state index is 10.5. The summed E-state index contributed by atoms with van der Waals surface area (Å²) in [6.45, 7) is 11.9. The third kappa shape index (κ3) is 6.04. The molecule has 0 radical (unpaired) electrons. The van der Waals surface area contributed by atoms with E-state index < -0.39 is 0 Å². The van der Waals surface area contributed by atoms with E-state index in [0.29, 0.717) is 19.2 Å². The maximum atomic E-state index is 10.5. The molecule has 11 heteroatoms. The van der Waals surface area contributed by atoms with Crippen LogP contribution in [-0.2, 0) is 11.3 Å². The topological polar surface area (TPSA) is 87.1 Å². The number of anilines is 1. The molecule has 9 nitrogen and oxygen atoms in total. The summed E-state index contributed by atoms with van der Waals surface area (Å²) >= 11 is 5.27. The number of ether oxygens (including phenoxy) is 2. The number of hydrogen-bond acceptors (Lipinski definition) is 11. The van der Waals surface area contributed by atoms with Crippen molar-refractivity contribution in [1.29, 1.82) is 0 Å². The van der Waals surface area contributed by atoms with Crippen LogP contribution < -0.4 is 9.64 Å². The molecule has 0 spiro atoms. The number of fused-ring (bicyclic) bond motifs is 1. The standard InChI is InChI=1S/C28H38N6O3S.CH4S/c1-18-5-4-8-34(18)21-6-9-32(10-7-21)17-22-19(2)38-26-24(20-15-23(35)27(36-3)29-16-20)30-28(31-25(22)26)33-11-13-37-14-12-33;1-2/h15-16,18,21,35H,4-14,17H2,1-3H3;2H,1H3. The van der Waals surface area contributed by atoms with Gasteiger partial charge in [-0.05, 0) is 71.5 Å². The number of piperidine rings is 1. The van der Waals surface area contributed by atoms with Crippen LogP contribution in [0.1, 0.15) is 43.0 Å². The predicted molar refractivity (Wildman–Crippen MR) is 165 cm³/mol. The van der Waals surface area contributed by atoms with Gasteiger partial charge in [0.15, 0.2) is 5.75 Å². The Kier molecular flexibility index (Phi) is 9.68. The largest absolute Gasteiger partial charge is 0.503 e. The van der Waals surface area contributed by atoms with Crippen molar-refractivity contribution in [3.05, 3.63) is 22.7 Å². The number of likely N-dealkylation sites (tertiary alicyclic amines) is 2. The lowest BCUT2D eigenvalue weighted by Crippen LogP contribution is -2.45. The maximum Gasteiger partial charge on any atom is 0.256 e. The first-order chi connectivity index (χ1) is 19.5. The van der Waals surface area contributed by atoms with Crippen molar-refractivity contribution < 1.29 is 14.6 Å². The SMILES string of the molecule is COc1ncc(-c2nc(N3CCOCC3)nc3c(CN4CCC(N5CCCC5C)CC4)c(C)sc23)cc1O.CS. The van der Waals surface area contributed by atoms with Crippen LogP contribution in [0.4, 0.5) is 5.95 Å². The predicted octanol–water partition coefficient (Wildman–Crippen LogP) is 4.61. The molecule has 6 rings (SSSR count). The van der Waals surface area contributed by atoms with E-state index in [1.54, 1.807) is 29.9 Å². The zero-order chi connectivity index (χ0) is 28.2. The number of thiol groups is 1. The first-order valence-electron chi connectivity index (χ1n) is 14.3. The van der Waals surface area contributed by atoms with E-state index in [-0.39, 0.29) is 11.6 Å². The van der Waals surface area contributed by atoms with Gasteiger partial charge in [-0.1, -0.05) is 0 Å². The number of morpholine rings is 1. The molecule has 0 aromatic carbocycles. The van der Waals surface area contributed by atoms with Gasteiger partial charge in [-0.2, -0.15) is 12.6 Å².